The Morgan fingerprint density at radius 2 is 2.28 bits per heavy atom. The van der Waals surface area contributed by atoms with Gasteiger partial charge in [0, 0.05) is 17.6 Å². The molecule has 3 rings (SSSR count). The fraction of sp³-hybridized carbons (Fsp3) is 0.0833. The Bertz CT molecular complexity index is 603. The molecule has 0 aliphatic rings. The van der Waals surface area contributed by atoms with Crippen LogP contribution in [0.15, 0.2) is 48.5 Å². The molecule has 0 amide bonds. The van der Waals surface area contributed by atoms with Crippen LogP contribution in [0.2, 0.25) is 0 Å². The number of hydrogen-bond donors (Lipinski definition) is 1. The van der Waals surface area contributed by atoms with Crippen LogP contribution in [0.25, 0.3) is 5.82 Å². The van der Waals surface area contributed by atoms with Gasteiger partial charge in [0.2, 0.25) is 0 Å². The van der Waals surface area contributed by atoms with E-state index in [4.69, 9.17) is 0 Å². The molecular formula is C12H11N5S. The van der Waals surface area contributed by atoms with Crippen molar-refractivity contribution in [3.05, 3.63) is 53.4 Å². The zero-order valence-electron chi connectivity index (χ0n) is 9.52. The van der Waals surface area contributed by atoms with Gasteiger partial charge in [-0.05, 0) is 23.6 Å². The number of aromatic nitrogens is 4. The first-order chi connectivity index (χ1) is 8.93. The summed E-state index contributed by atoms with van der Waals surface area (Å²) < 4.78 is 1.65. The second-order valence-electron chi connectivity index (χ2n) is 3.65. The average molecular weight is 257 g/mol. The van der Waals surface area contributed by atoms with Gasteiger partial charge < -0.3 is 5.32 Å². The molecule has 0 aromatic carbocycles. The van der Waals surface area contributed by atoms with Gasteiger partial charge in [-0.3, -0.25) is 0 Å². The molecule has 3 aromatic heterocycles. The smallest absolute Gasteiger partial charge is 0.178 e. The molecule has 0 aliphatic carbocycles. The molecule has 0 saturated heterocycles. The van der Waals surface area contributed by atoms with Crippen LogP contribution >= 0.6 is 11.3 Å². The molecule has 0 atom stereocenters. The van der Waals surface area contributed by atoms with Gasteiger partial charge in [0.05, 0.1) is 5.69 Å². The van der Waals surface area contributed by atoms with Gasteiger partial charge in [0.1, 0.15) is 12.7 Å². The second-order valence-corrected chi connectivity index (χ2v) is 4.68. The third kappa shape index (κ3) is 2.23. The van der Waals surface area contributed by atoms with Crippen LogP contribution < -0.4 is 5.32 Å². The largest absolute Gasteiger partial charge is 0.377 e. The van der Waals surface area contributed by atoms with Crippen LogP contribution in [-0.2, 0) is 6.54 Å². The van der Waals surface area contributed by atoms with Crippen LogP contribution in [-0.4, -0.2) is 19.7 Å². The summed E-state index contributed by atoms with van der Waals surface area (Å²) in [7, 11) is 0. The van der Waals surface area contributed by atoms with Crippen molar-refractivity contribution in [2.75, 3.05) is 5.32 Å². The summed E-state index contributed by atoms with van der Waals surface area (Å²) in [6, 6.07) is 8.03. The van der Waals surface area contributed by atoms with Crippen molar-refractivity contribution in [1.29, 1.82) is 0 Å². The zero-order valence-corrected chi connectivity index (χ0v) is 10.3. The highest BCUT2D eigenvalue weighted by atomic mass is 32.1. The maximum atomic E-state index is 4.32. The van der Waals surface area contributed by atoms with E-state index < -0.39 is 0 Å². The summed E-state index contributed by atoms with van der Waals surface area (Å²) in [6.07, 6.45) is 4.88. The van der Waals surface area contributed by atoms with E-state index in [0.29, 0.717) is 0 Å². The van der Waals surface area contributed by atoms with E-state index in [1.54, 1.807) is 28.5 Å². The highest BCUT2D eigenvalue weighted by Crippen LogP contribution is 2.18. The molecule has 0 saturated carbocycles. The minimum atomic E-state index is 0.756. The van der Waals surface area contributed by atoms with Gasteiger partial charge >= 0.3 is 0 Å². The van der Waals surface area contributed by atoms with E-state index >= 15 is 0 Å². The van der Waals surface area contributed by atoms with Crippen molar-refractivity contribution in [2.45, 2.75) is 6.54 Å². The molecule has 1 N–H and O–H groups in total. The maximum absolute atomic E-state index is 4.32. The summed E-state index contributed by atoms with van der Waals surface area (Å²) in [5.41, 5.74) is 0.941. The Morgan fingerprint density at radius 3 is 3.06 bits per heavy atom. The fourth-order valence-electron chi connectivity index (χ4n) is 1.63. The lowest BCUT2D eigenvalue weighted by Gasteiger charge is -2.09. The van der Waals surface area contributed by atoms with E-state index in [1.165, 1.54) is 11.2 Å². The lowest BCUT2D eigenvalue weighted by atomic mass is 10.3. The Morgan fingerprint density at radius 1 is 1.28 bits per heavy atom. The number of rotatable bonds is 4. The van der Waals surface area contributed by atoms with Gasteiger partial charge in [0.15, 0.2) is 5.82 Å². The zero-order chi connectivity index (χ0) is 12.2. The van der Waals surface area contributed by atoms with E-state index in [9.17, 15) is 0 Å². The highest BCUT2D eigenvalue weighted by Gasteiger charge is 2.05. The first-order valence-corrected chi connectivity index (χ1v) is 6.38. The van der Waals surface area contributed by atoms with Gasteiger partial charge in [-0.15, -0.1) is 11.3 Å². The predicted molar refractivity (Wildman–Crippen MR) is 70.8 cm³/mol. The molecule has 3 heterocycles. The van der Waals surface area contributed by atoms with Crippen LogP contribution in [0.1, 0.15) is 4.88 Å². The number of nitrogens with zero attached hydrogens (tertiary/aromatic N) is 4. The molecule has 3 aromatic rings. The van der Waals surface area contributed by atoms with Crippen LogP contribution in [0.5, 0.6) is 0 Å². The lowest BCUT2D eigenvalue weighted by Crippen LogP contribution is -2.05. The Hall–Kier alpha value is -2.21. The number of thiophene rings is 1. The molecule has 90 valence electrons. The van der Waals surface area contributed by atoms with Crippen molar-refractivity contribution < 1.29 is 0 Å². The minimum absolute atomic E-state index is 0.756. The van der Waals surface area contributed by atoms with Gasteiger partial charge in [-0.1, -0.05) is 6.07 Å². The Balaban J connectivity index is 1.84. The highest BCUT2D eigenvalue weighted by molar-refractivity contribution is 7.09. The number of pyridine rings is 1. The minimum Gasteiger partial charge on any atom is -0.377 e. The normalized spacial score (nSPS) is 10.4. The van der Waals surface area contributed by atoms with Crippen molar-refractivity contribution in [3.63, 3.8) is 0 Å². The predicted octanol–water partition coefficient (Wildman–Crippen LogP) is 2.34. The Labute approximate surface area is 108 Å². The molecule has 0 radical (unpaired) electrons. The van der Waals surface area contributed by atoms with Crippen LogP contribution in [0.4, 0.5) is 5.69 Å². The lowest BCUT2D eigenvalue weighted by molar-refractivity contribution is 0.845. The average Bonchev–Trinajstić information content (AvgIpc) is 3.10. The Kier molecular flexibility index (Phi) is 3.01. The molecule has 0 aliphatic heterocycles. The van der Waals surface area contributed by atoms with Crippen LogP contribution in [0.3, 0.4) is 0 Å². The monoisotopic (exact) mass is 257 g/mol. The molecule has 5 nitrogen and oxygen atoms in total. The van der Waals surface area contributed by atoms with E-state index in [-0.39, 0.29) is 0 Å². The standard InChI is InChI=1S/C12H11N5S/c1-4-11(15-7-10-3-2-6-18-10)12(14-5-1)17-9-13-8-16-17/h1-6,8-9,15H,7H2. The van der Waals surface area contributed by atoms with Gasteiger partial charge in [0.25, 0.3) is 0 Å². The fourth-order valence-corrected chi connectivity index (χ4v) is 2.28. The topological polar surface area (TPSA) is 55.6 Å². The van der Waals surface area contributed by atoms with E-state index in [1.807, 2.05) is 18.2 Å². The molecule has 0 fully saturated rings. The van der Waals surface area contributed by atoms with E-state index in [0.717, 1.165) is 18.1 Å². The molecule has 6 heteroatoms. The van der Waals surface area contributed by atoms with Crippen molar-refractivity contribution in [2.24, 2.45) is 0 Å². The van der Waals surface area contributed by atoms with Crippen molar-refractivity contribution >= 4 is 17.0 Å². The van der Waals surface area contributed by atoms with E-state index in [2.05, 4.69) is 31.8 Å². The summed E-state index contributed by atoms with van der Waals surface area (Å²) in [6.45, 7) is 0.783. The number of anilines is 1. The molecular weight excluding hydrogens is 246 g/mol. The first kappa shape index (κ1) is 10.9. The summed E-state index contributed by atoms with van der Waals surface area (Å²) >= 11 is 1.73. The summed E-state index contributed by atoms with van der Waals surface area (Å²) in [5.74, 6) is 0.756. The third-order valence-electron chi connectivity index (χ3n) is 2.46. The van der Waals surface area contributed by atoms with Crippen molar-refractivity contribution in [3.8, 4) is 5.82 Å². The number of hydrogen-bond acceptors (Lipinski definition) is 5. The maximum Gasteiger partial charge on any atom is 0.178 e. The second kappa shape index (κ2) is 4.97. The van der Waals surface area contributed by atoms with Crippen LogP contribution in [0, 0.1) is 0 Å². The molecule has 18 heavy (non-hydrogen) atoms. The molecule has 0 unspecified atom stereocenters. The molecule has 0 spiro atoms. The number of nitrogens with one attached hydrogen (secondary N) is 1. The first-order valence-electron chi connectivity index (χ1n) is 5.50. The van der Waals surface area contributed by atoms with Crippen molar-refractivity contribution in [1.82, 2.24) is 19.7 Å². The third-order valence-corrected chi connectivity index (χ3v) is 3.33. The SMILES string of the molecule is c1csc(CNc2cccnc2-n2cncn2)c1. The summed E-state index contributed by atoms with van der Waals surface area (Å²) in [4.78, 5) is 9.54. The molecule has 0 bridgehead atoms. The van der Waals surface area contributed by atoms with Gasteiger partial charge in [-0.25, -0.2) is 14.6 Å². The quantitative estimate of drug-likeness (QED) is 0.779. The van der Waals surface area contributed by atoms with Gasteiger partial charge in [-0.2, -0.15) is 5.10 Å². The summed E-state index contributed by atoms with van der Waals surface area (Å²) in [5, 5.41) is 9.53.